The summed E-state index contributed by atoms with van der Waals surface area (Å²) in [6, 6.07) is 14.1. The van der Waals surface area contributed by atoms with E-state index >= 15 is 0 Å². The van der Waals surface area contributed by atoms with Gasteiger partial charge in [-0.3, -0.25) is 14.4 Å². The minimum absolute atomic E-state index is 0.0434. The molecule has 0 fully saturated rings. The number of halogens is 1. The Balaban J connectivity index is 2.11. The number of ketones is 1. The first-order chi connectivity index (χ1) is 12.9. The van der Waals surface area contributed by atoms with Gasteiger partial charge in [0.05, 0.1) is 12.1 Å². The van der Waals surface area contributed by atoms with Gasteiger partial charge in [0.2, 0.25) is 5.43 Å². The summed E-state index contributed by atoms with van der Waals surface area (Å²) in [6.07, 6.45) is 1.48. The van der Waals surface area contributed by atoms with Gasteiger partial charge in [-0.1, -0.05) is 30.3 Å². The quantitative estimate of drug-likeness (QED) is 0.688. The molecule has 0 unspecified atom stereocenters. The third kappa shape index (κ3) is 3.83. The molecule has 0 spiro atoms. The highest BCUT2D eigenvalue weighted by Crippen LogP contribution is 2.19. The number of benzene rings is 2. The van der Waals surface area contributed by atoms with Crippen LogP contribution in [-0.2, 0) is 4.79 Å². The molecule has 136 valence electrons. The van der Waals surface area contributed by atoms with Crippen LogP contribution in [0.2, 0.25) is 5.02 Å². The third-order valence-corrected chi connectivity index (χ3v) is 4.40. The summed E-state index contributed by atoms with van der Waals surface area (Å²) in [5.41, 5.74) is 1.32. The number of fused-ring (bicyclic) bond motifs is 1. The van der Waals surface area contributed by atoms with Gasteiger partial charge in [-0.2, -0.15) is 0 Å². The van der Waals surface area contributed by atoms with Gasteiger partial charge in [0, 0.05) is 22.3 Å². The average Bonchev–Trinajstić information content (AvgIpc) is 2.67. The molecule has 6 heteroatoms. The fourth-order valence-electron chi connectivity index (χ4n) is 2.66. The predicted octanol–water partition coefficient (Wildman–Crippen LogP) is 3.52. The number of pyridine rings is 1. The van der Waals surface area contributed by atoms with Crippen molar-refractivity contribution in [1.82, 2.24) is 9.88 Å². The van der Waals surface area contributed by atoms with Crippen molar-refractivity contribution in [2.75, 3.05) is 6.54 Å². The molecule has 5 nitrogen and oxygen atoms in total. The fourth-order valence-corrected chi connectivity index (χ4v) is 2.79. The van der Waals surface area contributed by atoms with Crippen LogP contribution in [0.1, 0.15) is 17.3 Å². The maximum atomic E-state index is 12.8. The van der Waals surface area contributed by atoms with E-state index < -0.39 is 11.3 Å². The van der Waals surface area contributed by atoms with Gasteiger partial charge < -0.3 is 9.88 Å². The number of nitrogens with one attached hydrogen (secondary N) is 1. The highest BCUT2D eigenvalue weighted by molar-refractivity contribution is 6.30. The fraction of sp³-hybridized carbons (Fsp3) is 0.0952. The molecule has 0 atom stereocenters. The first-order valence-electron chi connectivity index (χ1n) is 8.25. The topological polar surface area (TPSA) is 68.2 Å². The van der Waals surface area contributed by atoms with Gasteiger partial charge in [-0.05, 0) is 48.9 Å². The standard InChI is InChI=1S/C21H17ClN2O3/c1-13(2)19(25)11-23-21(27)17-12-24(15-9-7-14(22)8-10-15)18-6-4-3-5-16(18)20(17)26/h3-10,12H,1,11H2,2H3,(H,23,27). The Morgan fingerprint density at radius 1 is 1.11 bits per heavy atom. The first kappa shape index (κ1) is 18.6. The monoisotopic (exact) mass is 380 g/mol. The highest BCUT2D eigenvalue weighted by Gasteiger charge is 2.17. The Morgan fingerprint density at radius 3 is 2.44 bits per heavy atom. The number of rotatable bonds is 5. The zero-order valence-corrected chi connectivity index (χ0v) is 15.4. The summed E-state index contributed by atoms with van der Waals surface area (Å²) < 4.78 is 1.75. The molecular weight excluding hydrogens is 364 g/mol. The van der Waals surface area contributed by atoms with Crippen molar-refractivity contribution >= 4 is 34.2 Å². The van der Waals surface area contributed by atoms with Crippen molar-refractivity contribution < 1.29 is 9.59 Å². The number of aromatic nitrogens is 1. The van der Waals surface area contributed by atoms with E-state index in [0.717, 1.165) is 5.69 Å². The van der Waals surface area contributed by atoms with Crippen LogP contribution < -0.4 is 10.7 Å². The Labute approximate surface area is 160 Å². The minimum atomic E-state index is -0.608. The Kier molecular flexibility index (Phi) is 5.23. The molecule has 1 aromatic heterocycles. The highest BCUT2D eigenvalue weighted by atomic mass is 35.5. The van der Waals surface area contributed by atoms with Crippen molar-refractivity contribution in [1.29, 1.82) is 0 Å². The average molecular weight is 381 g/mol. The Bertz CT molecular complexity index is 1110. The van der Waals surface area contributed by atoms with E-state index in [2.05, 4.69) is 11.9 Å². The van der Waals surface area contributed by atoms with Crippen LogP contribution in [0.5, 0.6) is 0 Å². The summed E-state index contributed by atoms with van der Waals surface area (Å²) in [5, 5.41) is 3.48. The van der Waals surface area contributed by atoms with Gasteiger partial charge >= 0.3 is 0 Å². The van der Waals surface area contributed by atoms with Crippen LogP contribution in [0, 0.1) is 0 Å². The zero-order chi connectivity index (χ0) is 19.6. The molecule has 27 heavy (non-hydrogen) atoms. The normalized spacial score (nSPS) is 10.6. The summed E-state index contributed by atoms with van der Waals surface area (Å²) in [6.45, 7) is 4.91. The van der Waals surface area contributed by atoms with Crippen LogP contribution >= 0.6 is 11.6 Å². The molecule has 2 aromatic carbocycles. The van der Waals surface area contributed by atoms with Gasteiger partial charge in [0.15, 0.2) is 5.78 Å². The number of Topliss-reactive ketones (excluding diaryl/α,β-unsaturated/α-hetero) is 1. The van der Waals surface area contributed by atoms with Gasteiger partial charge in [0.25, 0.3) is 5.91 Å². The minimum Gasteiger partial charge on any atom is -0.344 e. The smallest absolute Gasteiger partial charge is 0.257 e. The summed E-state index contributed by atoms with van der Waals surface area (Å²) in [4.78, 5) is 37.0. The van der Waals surface area contributed by atoms with Crippen LogP contribution in [0.3, 0.4) is 0 Å². The molecule has 0 aliphatic rings. The Morgan fingerprint density at radius 2 is 1.78 bits per heavy atom. The molecule has 1 amide bonds. The number of para-hydroxylation sites is 1. The molecule has 0 saturated heterocycles. The van der Waals surface area contributed by atoms with E-state index in [1.54, 1.807) is 54.0 Å². The lowest BCUT2D eigenvalue weighted by atomic mass is 10.1. The van der Waals surface area contributed by atoms with Crippen LogP contribution in [-0.4, -0.2) is 22.8 Å². The lowest BCUT2D eigenvalue weighted by molar-refractivity contribution is -0.114. The van der Waals surface area contributed by atoms with E-state index in [1.165, 1.54) is 6.20 Å². The van der Waals surface area contributed by atoms with Crippen molar-refractivity contribution in [2.24, 2.45) is 0 Å². The molecule has 3 rings (SSSR count). The van der Waals surface area contributed by atoms with E-state index in [0.29, 0.717) is 21.5 Å². The van der Waals surface area contributed by atoms with Crippen molar-refractivity contribution in [3.05, 3.63) is 87.7 Å². The molecule has 0 saturated carbocycles. The maximum absolute atomic E-state index is 12.8. The molecule has 3 aromatic rings. The molecule has 0 bridgehead atoms. The molecule has 0 radical (unpaired) electrons. The zero-order valence-electron chi connectivity index (χ0n) is 14.7. The summed E-state index contributed by atoms with van der Waals surface area (Å²) in [5.74, 6) is -0.898. The van der Waals surface area contributed by atoms with Crippen molar-refractivity contribution in [2.45, 2.75) is 6.92 Å². The number of nitrogens with zero attached hydrogens (tertiary/aromatic N) is 1. The summed E-state index contributed by atoms with van der Waals surface area (Å²) in [7, 11) is 0. The maximum Gasteiger partial charge on any atom is 0.257 e. The number of carbonyl (C=O) groups is 2. The van der Waals surface area contributed by atoms with Crippen molar-refractivity contribution in [3.63, 3.8) is 0 Å². The summed E-state index contributed by atoms with van der Waals surface area (Å²) >= 11 is 5.96. The van der Waals surface area contributed by atoms with Gasteiger partial charge in [0.1, 0.15) is 5.56 Å². The number of hydrogen-bond acceptors (Lipinski definition) is 3. The lowest BCUT2D eigenvalue weighted by Crippen LogP contribution is -2.33. The molecule has 0 aliphatic heterocycles. The van der Waals surface area contributed by atoms with E-state index in [9.17, 15) is 14.4 Å². The number of amides is 1. The van der Waals surface area contributed by atoms with Crippen molar-refractivity contribution in [3.8, 4) is 5.69 Å². The molecular formula is C21H17ClN2O3. The third-order valence-electron chi connectivity index (χ3n) is 4.15. The van der Waals surface area contributed by atoms with E-state index in [-0.39, 0.29) is 17.9 Å². The van der Waals surface area contributed by atoms with Crippen LogP contribution in [0.4, 0.5) is 0 Å². The molecule has 1 N–H and O–H groups in total. The number of hydrogen-bond donors (Lipinski definition) is 1. The first-order valence-corrected chi connectivity index (χ1v) is 8.63. The second kappa shape index (κ2) is 7.60. The van der Waals surface area contributed by atoms with Gasteiger partial charge in [-0.25, -0.2) is 0 Å². The Hall–Kier alpha value is -3.18. The van der Waals surface area contributed by atoms with Crippen LogP contribution in [0.15, 0.2) is 71.7 Å². The number of carbonyl (C=O) groups excluding carboxylic acids is 2. The predicted molar refractivity (Wildman–Crippen MR) is 107 cm³/mol. The largest absolute Gasteiger partial charge is 0.344 e. The van der Waals surface area contributed by atoms with Crippen LogP contribution in [0.25, 0.3) is 16.6 Å². The molecule has 1 heterocycles. The molecule has 0 aliphatic carbocycles. The van der Waals surface area contributed by atoms with E-state index in [4.69, 9.17) is 11.6 Å². The second-order valence-electron chi connectivity index (χ2n) is 6.12. The SMILES string of the molecule is C=C(C)C(=O)CNC(=O)c1cn(-c2ccc(Cl)cc2)c2ccccc2c1=O. The second-order valence-corrected chi connectivity index (χ2v) is 6.56. The van der Waals surface area contributed by atoms with Gasteiger partial charge in [-0.15, -0.1) is 0 Å². The lowest BCUT2D eigenvalue weighted by Gasteiger charge is -2.14. The van der Waals surface area contributed by atoms with E-state index in [1.807, 2.05) is 6.07 Å².